The lowest BCUT2D eigenvalue weighted by Gasteiger charge is -2.19. The van der Waals surface area contributed by atoms with Crippen LogP contribution in [-0.4, -0.2) is 22.9 Å². The van der Waals surface area contributed by atoms with E-state index < -0.39 is 29.5 Å². The predicted molar refractivity (Wildman–Crippen MR) is 74.1 cm³/mol. The molecule has 0 radical (unpaired) electrons. The van der Waals surface area contributed by atoms with E-state index in [2.05, 4.69) is 0 Å². The average molecular weight is 298 g/mol. The summed E-state index contributed by atoms with van der Waals surface area (Å²) in [6.45, 7) is 7.81. The van der Waals surface area contributed by atoms with Gasteiger partial charge in [0.25, 0.3) is 0 Å². The molecule has 110 valence electrons. The van der Waals surface area contributed by atoms with Crippen LogP contribution in [0.4, 0.5) is 0 Å². The molecule has 3 atom stereocenters. The van der Waals surface area contributed by atoms with Crippen molar-refractivity contribution in [2.75, 3.05) is 6.61 Å². The maximum Gasteiger partial charge on any atom is 0.339 e. The number of esters is 1. The molecular weight excluding hydrogens is 280 g/mol. The second-order valence-electron chi connectivity index (χ2n) is 4.80. The Morgan fingerprint density at radius 1 is 1.25 bits per heavy atom. The largest absolute Gasteiger partial charge is 0.464 e. The Labute approximate surface area is 121 Å². The summed E-state index contributed by atoms with van der Waals surface area (Å²) in [4.78, 5) is 11.9. The van der Waals surface area contributed by atoms with Crippen LogP contribution in [0.5, 0.6) is 0 Å². The quantitative estimate of drug-likeness (QED) is 0.801. The van der Waals surface area contributed by atoms with Gasteiger partial charge in [0.2, 0.25) is 6.10 Å². The zero-order chi connectivity index (χ0) is 14.9. The second kappa shape index (κ2) is 6.03. The fourth-order valence-corrected chi connectivity index (χ4v) is 3.28. The minimum absolute atomic E-state index is 0.240. The van der Waals surface area contributed by atoms with Crippen molar-refractivity contribution in [3.63, 3.8) is 0 Å². The van der Waals surface area contributed by atoms with Gasteiger partial charge in [-0.1, -0.05) is 17.7 Å². The molecule has 20 heavy (non-hydrogen) atoms. The molecule has 1 aliphatic heterocycles. The Morgan fingerprint density at radius 3 is 2.40 bits per heavy atom. The van der Waals surface area contributed by atoms with Gasteiger partial charge >= 0.3 is 17.3 Å². The fourth-order valence-electron chi connectivity index (χ4n) is 2.52. The molecule has 0 amide bonds. The lowest BCUT2D eigenvalue weighted by molar-refractivity contribution is -0.152. The molecule has 2 unspecified atom stereocenters. The highest BCUT2D eigenvalue weighted by Crippen LogP contribution is 2.36. The molecular formula is C14H18O5S. The van der Waals surface area contributed by atoms with Crippen molar-refractivity contribution in [1.29, 1.82) is 0 Å². The number of carbonyl (C=O) groups is 1. The molecule has 0 aromatic heterocycles. The number of hydrogen-bond acceptors (Lipinski definition) is 5. The highest BCUT2D eigenvalue weighted by Gasteiger charge is 2.43. The fraction of sp³-hybridized carbons (Fsp3) is 0.500. The molecule has 1 saturated heterocycles. The summed E-state index contributed by atoms with van der Waals surface area (Å²) < 4.78 is 26.8. The van der Waals surface area contributed by atoms with Crippen molar-refractivity contribution in [1.82, 2.24) is 0 Å². The summed E-state index contributed by atoms with van der Waals surface area (Å²) in [6.07, 6.45) is -1.69. The first-order valence-corrected chi connectivity index (χ1v) is 7.44. The number of aryl methyl sites for hydroxylation is 3. The minimum atomic E-state index is -1.93. The Balaban J connectivity index is 2.39. The van der Waals surface area contributed by atoms with Crippen LogP contribution in [0.3, 0.4) is 0 Å². The van der Waals surface area contributed by atoms with Crippen molar-refractivity contribution in [2.45, 2.75) is 39.9 Å². The van der Waals surface area contributed by atoms with E-state index in [1.54, 1.807) is 6.92 Å². The van der Waals surface area contributed by atoms with E-state index in [0.717, 1.165) is 22.3 Å². The Kier molecular flexibility index (Phi) is 4.57. The lowest BCUT2D eigenvalue weighted by Crippen LogP contribution is -2.28. The van der Waals surface area contributed by atoms with Crippen LogP contribution in [0.15, 0.2) is 12.1 Å². The van der Waals surface area contributed by atoms with Gasteiger partial charge < -0.3 is 4.74 Å². The van der Waals surface area contributed by atoms with Crippen LogP contribution in [-0.2, 0) is 29.3 Å². The molecule has 0 bridgehead atoms. The topological polar surface area (TPSA) is 61.8 Å². The normalized spacial score (nSPS) is 25.7. The summed E-state index contributed by atoms with van der Waals surface area (Å²) in [7, 11) is 0. The lowest BCUT2D eigenvalue weighted by atomic mass is 9.93. The van der Waals surface area contributed by atoms with E-state index in [-0.39, 0.29) is 6.61 Å². The minimum Gasteiger partial charge on any atom is -0.464 e. The van der Waals surface area contributed by atoms with Gasteiger partial charge in [-0.2, -0.15) is 4.21 Å². The molecule has 1 fully saturated rings. The summed E-state index contributed by atoms with van der Waals surface area (Å²) >= 11 is -1.93. The molecule has 1 aromatic carbocycles. The van der Waals surface area contributed by atoms with Crippen LogP contribution < -0.4 is 0 Å². The molecule has 6 heteroatoms. The zero-order valence-corrected chi connectivity index (χ0v) is 12.8. The van der Waals surface area contributed by atoms with Gasteiger partial charge in [-0.05, 0) is 44.4 Å². The SMILES string of the molecule is CCOC(=O)[C@@H]1OS(=O)OC1c1c(C)cc(C)cc1C. The molecule has 1 heterocycles. The van der Waals surface area contributed by atoms with Gasteiger partial charge in [0.15, 0.2) is 0 Å². The third-order valence-corrected chi connectivity index (χ3v) is 3.91. The van der Waals surface area contributed by atoms with Crippen LogP contribution in [0, 0.1) is 20.8 Å². The van der Waals surface area contributed by atoms with Gasteiger partial charge in [0, 0.05) is 0 Å². The Morgan fingerprint density at radius 2 is 1.85 bits per heavy atom. The number of carbonyl (C=O) groups excluding carboxylic acids is 1. The molecule has 0 saturated carbocycles. The molecule has 0 aliphatic carbocycles. The van der Waals surface area contributed by atoms with Gasteiger partial charge in [-0.15, -0.1) is 0 Å². The number of benzene rings is 1. The van der Waals surface area contributed by atoms with Crippen molar-refractivity contribution in [3.8, 4) is 0 Å². The Hall–Kier alpha value is -1.24. The zero-order valence-electron chi connectivity index (χ0n) is 12.0. The Bertz CT molecular complexity index is 531. The summed E-state index contributed by atoms with van der Waals surface area (Å²) in [5, 5.41) is 0. The van der Waals surface area contributed by atoms with Crippen LogP contribution in [0.25, 0.3) is 0 Å². The molecule has 0 spiro atoms. The first kappa shape index (κ1) is 15.2. The van der Waals surface area contributed by atoms with E-state index >= 15 is 0 Å². The van der Waals surface area contributed by atoms with Crippen molar-refractivity contribution in [3.05, 3.63) is 34.4 Å². The highest BCUT2D eigenvalue weighted by atomic mass is 32.2. The summed E-state index contributed by atoms with van der Waals surface area (Å²) in [5.41, 5.74) is 3.91. The second-order valence-corrected chi connectivity index (χ2v) is 5.60. The van der Waals surface area contributed by atoms with E-state index in [1.807, 2.05) is 32.9 Å². The standard InChI is InChI=1S/C14H18O5S/c1-5-17-14(15)13-12(18-20(16)19-13)11-9(3)6-8(2)7-10(11)4/h6-7,12-13H,5H2,1-4H3/t12?,13-,20?/m1/s1. The van der Waals surface area contributed by atoms with E-state index in [0.29, 0.717) is 0 Å². The van der Waals surface area contributed by atoms with E-state index in [9.17, 15) is 9.00 Å². The van der Waals surface area contributed by atoms with Gasteiger partial charge in [0.05, 0.1) is 6.61 Å². The van der Waals surface area contributed by atoms with Gasteiger partial charge in [-0.3, -0.25) is 4.18 Å². The van der Waals surface area contributed by atoms with Crippen LogP contribution >= 0.6 is 0 Å². The summed E-state index contributed by atoms with van der Waals surface area (Å²) in [5.74, 6) is -0.553. The van der Waals surface area contributed by atoms with Crippen molar-refractivity contribution < 1.29 is 22.1 Å². The van der Waals surface area contributed by atoms with Gasteiger partial charge in [0.1, 0.15) is 6.10 Å². The van der Waals surface area contributed by atoms with Gasteiger partial charge in [-0.25, -0.2) is 8.98 Å². The molecule has 0 N–H and O–H groups in total. The predicted octanol–water partition coefficient (Wildman–Crippen LogP) is 2.21. The maximum absolute atomic E-state index is 11.9. The monoisotopic (exact) mass is 298 g/mol. The maximum atomic E-state index is 11.9. The van der Waals surface area contributed by atoms with E-state index in [1.165, 1.54) is 0 Å². The number of hydrogen-bond donors (Lipinski definition) is 0. The van der Waals surface area contributed by atoms with Crippen LogP contribution in [0.1, 0.15) is 35.3 Å². The smallest absolute Gasteiger partial charge is 0.339 e. The third-order valence-electron chi connectivity index (χ3n) is 3.18. The summed E-state index contributed by atoms with van der Waals surface area (Å²) in [6, 6.07) is 3.99. The first-order chi connectivity index (χ1) is 9.43. The molecule has 1 aromatic rings. The third kappa shape index (κ3) is 2.92. The average Bonchev–Trinajstić information content (AvgIpc) is 2.70. The van der Waals surface area contributed by atoms with Crippen LogP contribution in [0.2, 0.25) is 0 Å². The van der Waals surface area contributed by atoms with Crippen molar-refractivity contribution >= 4 is 17.3 Å². The molecule has 5 nitrogen and oxygen atoms in total. The van der Waals surface area contributed by atoms with E-state index in [4.69, 9.17) is 13.1 Å². The van der Waals surface area contributed by atoms with Crippen molar-refractivity contribution in [2.24, 2.45) is 0 Å². The number of rotatable bonds is 3. The molecule has 2 rings (SSSR count). The number of ether oxygens (including phenoxy) is 1. The first-order valence-electron chi connectivity index (χ1n) is 6.44. The molecule has 1 aliphatic rings. The highest BCUT2D eigenvalue weighted by molar-refractivity contribution is 7.75.